The van der Waals surface area contributed by atoms with Gasteiger partial charge in [0.2, 0.25) is 0 Å². The van der Waals surface area contributed by atoms with Crippen molar-refractivity contribution < 1.29 is 19.1 Å². The largest absolute Gasteiger partial charge is 0.465 e. The van der Waals surface area contributed by atoms with Crippen LogP contribution in [0.3, 0.4) is 0 Å². The van der Waals surface area contributed by atoms with Crippen molar-refractivity contribution in [1.82, 2.24) is 9.88 Å². The second kappa shape index (κ2) is 8.36. The van der Waals surface area contributed by atoms with E-state index in [1.807, 2.05) is 36.6 Å². The van der Waals surface area contributed by atoms with Crippen LogP contribution in [0, 0.1) is 13.8 Å². The van der Waals surface area contributed by atoms with Gasteiger partial charge in [-0.05, 0) is 74.0 Å². The molecule has 1 saturated heterocycles. The summed E-state index contributed by atoms with van der Waals surface area (Å²) in [6.07, 6.45) is 1.66. The van der Waals surface area contributed by atoms with Gasteiger partial charge in [-0.1, -0.05) is 17.7 Å². The van der Waals surface area contributed by atoms with E-state index in [2.05, 4.69) is 5.32 Å². The topological polar surface area (TPSA) is 80.6 Å². The van der Waals surface area contributed by atoms with Gasteiger partial charge in [0.1, 0.15) is 5.70 Å². The molecule has 1 aliphatic heterocycles. The van der Waals surface area contributed by atoms with Crippen molar-refractivity contribution in [2.75, 3.05) is 12.0 Å². The summed E-state index contributed by atoms with van der Waals surface area (Å²) in [5, 5.41) is 3.07. The summed E-state index contributed by atoms with van der Waals surface area (Å²) in [5.74, 6) is -0.854. The maximum atomic E-state index is 12.9. The Morgan fingerprint density at radius 2 is 1.75 bits per heavy atom. The monoisotopic (exact) mass is 449 g/mol. The zero-order valence-electron chi connectivity index (χ0n) is 17.7. The summed E-state index contributed by atoms with van der Waals surface area (Å²) >= 11 is 6.01. The highest BCUT2D eigenvalue weighted by Gasteiger charge is 2.35. The van der Waals surface area contributed by atoms with Crippen LogP contribution in [0.4, 0.5) is 10.5 Å². The maximum Gasteiger partial charge on any atom is 0.337 e. The minimum Gasteiger partial charge on any atom is -0.465 e. The van der Waals surface area contributed by atoms with Gasteiger partial charge in [-0.2, -0.15) is 0 Å². The van der Waals surface area contributed by atoms with Crippen molar-refractivity contribution in [2.45, 2.75) is 13.8 Å². The van der Waals surface area contributed by atoms with Crippen LogP contribution in [-0.2, 0) is 9.53 Å². The van der Waals surface area contributed by atoms with Crippen LogP contribution < -0.4 is 10.2 Å². The molecule has 0 bridgehead atoms. The molecule has 1 N–H and O–H groups in total. The Balaban J connectivity index is 1.66. The van der Waals surface area contributed by atoms with Gasteiger partial charge in [0.15, 0.2) is 0 Å². The number of rotatable bonds is 4. The molecular weight excluding hydrogens is 430 g/mol. The van der Waals surface area contributed by atoms with Crippen molar-refractivity contribution in [3.05, 3.63) is 87.8 Å². The number of methoxy groups -OCH3 is 1. The van der Waals surface area contributed by atoms with E-state index in [-0.39, 0.29) is 5.70 Å². The number of halogens is 1. The van der Waals surface area contributed by atoms with Gasteiger partial charge < -0.3 is 14.6 Å². The Morgan fingerprint density at radius 1 is 1.03 bits per heavy atom. The predicted molar refractivity (Wildman–Crippen MR) is 122 cm³/mol. The van der Waals surface area contributed by atoms with E-state index < -0.39 is 17.9 Å². The van der Waals surface area contributed by atoms with Crippen molar-refractivity contribution in [3.63, 3.8) is 0 Å². The summed E-state index contributed by atoms with van der Waals surface area (Å²) in [6.45, 7) is 3.86. The first kappa shape index (κ1) is 21.4. The molecular formula is C24H20ClN3O4. The van der Waals surface area contributed by atoms with Crippen molar-refractivity contribution in [1.29, 1.82) is 0 Å². The number of nitrogens with one attached hydrogen (secondary N) is 1. The average Bonchev–Trinajstić information content (AvgIpc) is 3.21. The molecule has 7 nitrogen and oxygen atoms in total. The molecule has 8 heteroatoms. The molecule has 0 radical (unpaired) electrons. The molecule has 32 heavy (non-hydrogen) atoms. The number of esters is 1. The lowest BCUT2D eigenvalue weighted by atomic mass is 10.2. The number of anilines is 1. The van der Waals surface area contributed by atoms with Gasteiger partial charge in [-0.3, -0.25) is 4.79 Å². The standard InChI is InChI=1S/C24H20ClN3O4/c1-14-11-17(15(2)27(14)19-9-7-16(8-10-19)23(30)32-3)12-21-22(29)28(24(31)26-21)20-6-4-5-18(25)13-20/h4-13H,1-3H3,(H,26,31)/b21-12+. The highest BCUT2D eigenvalue weighted by atomic mass is 35.5. The number of aryl methyl sites for hydroxylation is 1. The van der Waals surface area contributed by atoms with E-state index in [0.717, 1.165) is 27.5 Å². The molecule has 3 amide bonds. The lowest BCUT2D eigenvalue weighted by Crippen LogP contribution is -2.30. The molecule has 0 spiro atoms. The second-order valence-corrected chi connectivity index (χ2v) is 7.75. The van der Waals surface area contributed by atoms with Crippen LogP contribution in [0.25, 0.3) is 11.8 Å². The fourth-order valence-electron chi connectivity index (χ4n) is 3.74. The zero-order valence-corrected chi connectivity index (χ0v) is 18.4. The quantitative estimate of drug-likeness (QED) is 0.357. The summed E-state index contributed by atoms with van der Waals surface area (Å²) < 4.78 is 6.75. The Labute approximate surface area is 189 Å². The minimum atomic E-state index is -0.532. The molecule has 0 unspecified atom stereocenters. The van der Waals surface area contributed by atoms with Crippen LogP contribution in [-0.4, -0.2) is 29.6 Å². The van der Waals surface area contributed by atoms with Gasteiger partial charge in [0.05, 0.1) is 18.4 Å². The molecule has 0 atom stereocenters. The SMILES string of the molecule is COC(=O)c1ccc(-n2c(C)cc(/C=C3/NC(=O)N(c4cccc(Cl)c4)C3=O)c2C)cc1. The highest BCUT2D eigenvalue weighted by molar-refractivity contribution is 6.32. The van der Waals surface area contributed by atoms with Crippen molar-refractivity contribution in [3.8, 4) is 5.69 Å². The first-order chi connectivity index (χ1) is 15.3. The third kappa shape index (κ3) is 3.78. The van der Waals surface area contributed by atoms with Gasteiger partial charge in [-0.15, -0.1) is 0 Å². The lowest BCUT2D eigenvalue weighted by Gasteiger charge is -2.11. The molecule has 1 fully saturated rings. The van der Waals surface area contributed by atoms with Crippen molar-refractivity contribution in [2.24, 2.45) is 0 Å². The number of carbonyl (C=O) groups excluding carboxylic acids is 3. The van der Waals surface area contributed by atoms with Crippen LogP contribution in [0.1, 0.15) is 27.3 Å². The summed E-state index contributed by atoms with van der Waals surface area (Å²) in [7, 11) is 1.34. The molecule has 162 valence electrons. The molecule has 2 heterocycles. The predicted octanol–water partition coefficient (Wildman–Crippen LogP) is 4.63. The van der Waals surface area contributed by atoms with E-state index in [0.29, 0.717) is 16.3 Å². The molecule has 1 aliphatic rings. The first-order valence-electron chi connectivity index (χ1n) is 9.80. The smallest absolute Gasteiger partial charge is 0.337 e. The van der Waals surface area contributed by atoms with Crippen LogP contribution >= 0.6 is 11.6 Å². The molecule has 1 aromatic heterocycles. The number of amides is 3. The van der Waals surface area contributed by atoms with Crippen molar-refractivity contribution >= 4 is 41.3 Å². The number of benzene rings is 2. The minimum absolute atomic E-state index is 0.177. The molecule has 3 aromatic rings. The third-order valence-electron chi connectivity index (χ3n) is 5.26. The van der Waals surface area contributed by atoms with Gasteiger partial charge >= 0.3 is 12.0 Å². The fourth-order valence-corrected chi connectivity index (χ4v) is 3.92. The Bertz CT molecular complexity index is 1270. The molecule has 4 rings (SSSR count). The van der Waals surface area contributed by atoms with E-state index in [4.69, 9.17) is 16.3 Å². The summed E-state index contributed by atoms with van der Waals surface area (Å²) in [6, 6.07) is 15.0. The maximum absolute atomic E-state index is 12.9. The number of urea groups is 1. The number of hydrogen-bond donors (Lipinski definition) is 1. The number of nitrogens with zero attached hydrogens (tertiary/aromatic N) is 2. The Hall–Kier alpha value is -3.84. The number of carbonyl (C=O) groups is 3. The molecule has 0 saturated carbocycles. The van der Waals surface area contributed by atoms with E-state index in [1.54, 1.807) is 42.5 Å². The third-order valence-corrected chi connectivity index (χ3v) is 5.50. The Kier molecular flexibility index (Phi) is 5.59. The fraction of sp³-hybridized carbons (Fsp3) is 0.125. The number of ether oxygens (including phenoxy) is 1. The average molecular weight is 450 g/mol. The van der Waals surface area contributed by atoms with E-state index in [9.17, 15) is 14.4 Å². The molecule has 2 aromatic carbocycles. The van der Waals surface area contributed by atoms with Gasteiger partial charge in [0, 0.05) is 22.1 Å². The number of aromatic nitrogens is 1. The van der Waals surface area contributed by atoms with Crippen LogP contribution in [0.2, 0.25) is 5.02 Å². The van der Waals surface area contributed by atoms with Gasteiger partial charge in [0.25, 0.3) is 5.91 Å². The highest BCUT2D eigenvalue weighted by Crippen LogP contribution is 2.27. The zero-order chi connectivity index (χ0) is 23.0. The number of hydrogen-bond acceptors (Lipinski definition) is 4. The number of imide groups is 1. The first-order valence-corrected chi connectivity index (χ1v) is 10.2. The lowest BCUT2D eigenvalue weighted by molar-refractivity contribution is -0.113. The van der Waals surface area contributed by atoms with Crippen LogP contribution in [0.5, 0.6) is 0 Å². The van der Waals surface area contributed by atoms with Gasteiger partial charge in [-0.25, -0.2) is 14.5 Å². The second-order valence-electron chi connectivity index (χ2n) is 7.31. The Morgan fingerprint density at radius 3 is 2.41 bits per heavy atom. The van der Waals surface area contributed by atoms with E-state index in [1.165, 1.54) is 7.11 Å². The molecule has 0 aliphatic carbocycles. The normalized spacial score (nSPS) is 14.8. The summed E-state index contributed by atoms with van der Waals surface area (Å²) in [5.41, 5.74) is 4.50. The summed E-state index contributed by atoms with van der Waals surface area (Å²) in [4.78, 5) is 38.1. The van der Waals surface area contributed by atoms with Crippen LogP contribution in [0.15, 0.2) is 60.3 Å². The van der Waals surface area contributed by atoms with E-state index >= 15 is 0 Å².